The lowest BCUT2D eigenvalue weighted by molar-refractivity contribution is 0.138. The van der Waals surface area contributed by atoms with E-state index in [0.717, 1.165) is 41.9 Å². The number of hydrogen-bond donors (Lipinski definition) is 0. The number of nitrogens with zero attached hydrogens (tertiary/aromatic N) is 1. The molecule has 1 saturated heterocycles. The Kier molecular flexibility index (Phi) is 5.93. The molecule has 3 aliphatic rings. The molecule has 0 radical (unpaired) electrons. The van der Waals surface area contributed by atoms with Gasteiger partial charge < -0.3 is 23.8 Å². The van der Waals surface area contributed by atoms with Gasteiger partial charge in [-0.3, -0.25) is 0 Å². The first kappa shape index (κ1) is 21.4. The first-order valence-corrected chi connectivity index (χ1v) is 11.8. The van der Waals surface area contributed by atoms with Crippen LogP contribution in [-0.2, 0) is 0 Å². The molecule has 0 bridgehead atoms. The predicted molar refractivity (Wildman–Crippen MR) is 126 cm³/mol. The summed E-state index contributed by atoms with van der Waals surface area (Å²) < 4.78 is 22.5. The Morgan fingerprint density at radius 1 is 0.781 bits per heavy atom. The van der Waals surface area contributed by atoms with E-state index in [-0.39, 0.29) is 0 Å². The molecule has 1 saturated carbocycles. The van der Waals surface area contributed by atoms with Gasteiger partial charge in [0.1, 0.15) is 0 Å². The predicted octanol–water partition coefficient (Wildman–Crippen LogP) is 5.07. The van der Waals surface area contributed by atoms with Crippen LogP contribution in [-0.4, -0.2) is 53.0 Å². The number of likely N-dealkylation sites (tertiary alicyclic amines) is 1. The first-order valence-electron chi connectivity index (χ1n) is 11.8. The van der Waals surface area contributed by atoms with E-state index in [4.69, 9.17) is 18.9 Å². The van der Waals surface area contributed by atoms with Crippen molar-refractivity contribution < 1.29 is 18.9 Å². The minimum absolute atomic E-state index is 0.306. The lowest BCUT2D eigenvalue weighted by Gasteiger charge is -2.45. The number of fused-ring (bicyclic) bond motifs is 3. The van der Waals surface area contributed by atoms with Crippen LogP contribution in [0.15, 0.2) is 30.3 Å². The quantitative estimate of drug-likeness (QED) is 0.605. The molecule has 1 aliphatic heterocycles. The molecule has 2 aromatic carbocycles. The van der Waals surface area contributed by atoms with Crippen molar-refractivity contribution >= 4 is 0 Å². The van der Waals surface area contributed by atoms with E-state index in [9.17, 15) is 0 Å². The second-order valence-corrected chi connectivity index (χ2v) is 9.60. The molecule has 5 rings (SSSR count). The SMILES string of the molecule is COc1ccc(C2CC3CCN(CC4CC4)CC3c3cc(OC)c(OC)cc32)cc1OC. The van der Waals surface area contributed by atoms with Gasteiger partial charge in [0.05, 0.1) is 28.4 Å². The molecule has 5 nitrogen and oxygen atoms in total. The first-order chi connectivity index (χ1) is 15.6. The summed E-state index contributed by atoms with van der Waals surface area (Å²) in [6.45, 7) is 3.65. The molecule has 0 aromatic heterocycles. The van der Waals surface area contributed by atoms with Crippen molar-refractivity contribution in [3.05, 3.63) is 47.0 Å². The van der Waals surface area contributed by atoms with E-state index in [0.29, 0.717) is 17.8 Å². The number of rotatable bonds is 7. The molecule has 0 amide bonds. The number of methoxy groups -OCH3 is 4. The van der Waals surface area contributed by atoms with Crippen LogP contribution in [0.1, 0.15) is 54.2 Å². The largest absolute Gasteiger partial charge is 0.493 e. The van der Waals surface area contributed by atoms with E-state index >= 15 is 0 Å². The maximum atomic E-state index is 5.72. The van der Waals surface area contributed by atoms with Crippen molar-refractivity contribution in [1.29, 1.82) is 0 Å². The van der Waals surface area contributed by atoms with Crippen LogP contribution in [0.25, 0.3) is 0 Å². The number of hydrogen-bond acceptors (Lipinski definition) is 5. The van der Waals surface area contributed by atoms with E-state index in [1.165, 1.54) is 49.0 Å². The van der Waals surface area contributed by atoms with Crippen LogP contribution in [0.2, 0.25) is 0 Å². The topological polar surface area (TPSA) is 40.2 Å². The van der Waals surface area contributed by atoms with Gasteiger partial charge in [-0.25, -0.2) is 0 Å². The van der Waals surface area contributed by atoms with Crippen molar-refractivity contribution in [2.24, 2.45) is 11.8 Å². The summed E-state index contributed by atoms with van der Waals surface area (Å²) >= 11 is 0. The Labute approximate surface area is 191 Å². The van der Waals surface area contributed by atoms with Gasteiger partial charge in [0.2, 0.25) is 0 Å². The Morgan fingerprint density at radius 2 is 1.44 bits per heavy atom. The van der Waals surface area contributed by atoms with Crippen molar-refractivity contribution in [3.63, 3.8) is 0 Å². The Morgan fingerprint density at radius 3 is 2.09 bits per heavy atom. The Bertz CT molecular complexity index is 970. The molecule has 2 aliphatic carbocycles. The van der Waals surface area contributed by atoms with Gasteiger partial charge in [0.25, 0.3) is 0 Å². The Hall–Kier alpha value is -2.40. The molecular weight excluding hydrogens is 402 g/mol. The smallest absolute Gasteiger partial charge is 0.161 e. The van der Waals surface area contributed by atoms with E-state index in [2.05, 4.69) is 29.2 Å². The highest BCUT2D eigenvalue weighted by molar-refractivity contribution is 5.55. The van der Waals surface area contributed by atoms with Gasteiger partial charge in [0, 0.05) is 19.0 Å². The van der Waals surface area contributed by atoms with Gasteiger partial charge in [-0.05, 0) is 90.9 Å². The van der Waals surface area contributed by atoms with Crippen LogP contribution in [0, 0.1) is 11.8 Å². The summed E-state index contributed by atoms with van der Waals surface area (Å²) in [6.07, 6.45) is 5.23. The molecule has 1 heterocycles. The average molecular weight is 438 g/mol. The van der Waals surface area contributed by atoms with Crippen LogP contribution in [0.4, 0.5) is 0 Å². The summed E-state index contributed by atoms with van der Waals surface area (Å²) in [5, 5.41) is 0. The van der Waals surface area contributed by atoms with Crippen LogP contribution in [0.3, 0.4) is 0 Å². The minimum atomic E-state index is 0.306. The zero-order valence-electron chi connectivity index (χ0n) is 19.7. The molecule has 0 N–H and O–H groups in total. The van der Waals surface area contributed by atoms with Gasteiger partial charge in [-0.1, -0.05) is 6.07 Å². The highest BCUT2D eigenvalue weighted by atomic mass is 16.5. The summed E-state index contributed by atoms with van der Waals surface area (Å²) in [5.41, 5.74) is 4.07. The molecule has 5 heteroatoms. The molecule has 3 atom stereocenters. The zero-order chi connectivity index (χ0) is 22.2. The molecular formula is C27H35NO4. The van der Waals surface area contributed by atoms with E-state index < -0.39 is 0 Å². The number of piperidine rings is 1. The highest BCUT2D eigenvalue weighted by Gasteiger charge is 2.41. The average Bonchev–Trinajstić information content (AvgIpc) is 3.66. The monoisotopic (exact) mass is 437 g/mol. The standard InChI is InChI=1S/C27H35NO4/c1-29-24-8-7-18(12-25(24)30-2)20-11-19-9-10-28(15-17-5-6-17)16-23(19)22-14-27(32-4)26(31-3)13-21(20)22/h7-8,12-14,17,19-20,23H,5-6,9-11,15-16H2,1-4H3. The summed E-state index contributed by atoms with van der Waals surface area (Å²) in [4.78, 5) is 2.70. The fourth-order valence-corrected chi connectivity index (χ4v) is 5.88. The lowest BCUT2D eigenvalue weighted by Crippen LogP contribution is -2.42. The highest BCUT2D eigenvalue weighted by Crippen LogP contribution is 2.52. The molecule has 0 spiro atoms. The maximum absolute atomic E-state index is 5.72. The van der Waals surface area contributed by atoms with Gasteiger partial charge in [-0.15, -0.1) is 0 Å². The van der Waals surface area contributed by atoms with Crippen molar-refractivity contribution in [2.45, 2.75) is 37.5 Å². The van der Waals surface area contributed by atoms with Crippen molar-refractivity contribution in [2.75, 3.05) is 48.1 Å². The van der Waals surface area contributed by atoms with Crippen LogP contribution >= 0.6 is 0 Å². The maximum Gasteiger partial charge on any atom is 0.161 e. The van der Waals surface area contributed by atoms with Gasteiger partial charge in [0.15, 0.2) is 23.0 Å². The van der Waals surface area contributed by atoms with Gasteiger partial charge in [-0.2, -0.15) is 0 Å². The van der Waals surface area contributed by atoms with Gasteiger partial charge >= 0.3 is 0 Å². The van der Waals surface area contributed by atoms with Crippen LogP contribution < -0.4 is 18.9 Å². The summed E-state index contributed by atoms with van der Waals surface area (Å²) in [6, 6.07) is 10.8. The second kappa shape index (κ2) is 8.86. The van der Waals surface area contributed by atoms with E-state index in [1.807, 2.05) is 6.07 Å². The summed E-state index contributed by atoms with van der Waals surface area (Å²) in [5.74, 6) is 5.65. The Balaban J connectivity index is 1.56. The molecule has 172 valence electrons. The third-order valence-electron chi connectivity index (χ3n) is 7.77. The number of benzene rings is 2. The third-order valence-corrected chi connectivity index (χ3v) is 7.77. The molecule has 32 heavy (non-hydrogen) atoms. The number of ether oxygens (including phenoxy) is 4. The van der Waals surface area contributed by atoms with Crippen molar-refractivity contribution in [3.8, 4) is 23.0 Å². The fourth-order valence-electron chi connectivity index (χ4n) is 5.88. The molecule has 2 fully saturated rings. The fraction of sp³-hybridized carbons (Fsp3) is 0.556. The van der Waals surface area contributed by atoms with Crippen LogP contribution in [0.5, 0.6) is 23.0 Å². The third kappa shape index (κ3) is 3.92. The summed E-state index contributed by atoms with van der Waals surface area (Å²) in [7, 11) is 6.84. The normalized spacial score (nSPS) is 24.9. The van der Waals surface area contributed by atoms with E-state index in [1.54, 1.807) is 28.4 Å². The molecule has 3 unspecified atom stereocenters. The second-order valence-electron chi connectivity index (χ2n) is 9.60. The lowest BCUT2D eigenvalue weighted by atomic mass is 9.65. The minimum Gasteiger partial charge on any atom is -0.493 e. The molecule has 2 aromatic rings. The zero-order valence-corrected chi connectivity index (χ0v) is 19.7. The van der Waals surface area contributed by atoms with Crippen molar-refractivity contribution in [1.82, 2.24) is 4.90 Å².